The summed E-state index contributed by atoms with van der Waals surface area (Å²) in [5.74, 6) is -1.72. The first-order valence-electron chi connectivity index (χ1n) is 30.5. The van der Waals surface area contributed by atoms with E-state index in [4.69, 9.17) is 32.3 Å². The summed E-state index contributed by atoms with van der Waals surface area (Å²) in [4.78, 5) is 58.1. The maximum Gasteiger partial charge on any atom is 0.472 e. The van der Waals surface area contributed by atoms with Crippen LogP contribution in [0.1, 0.15) is 201 Å². The Labute approximate surface area is 499 Å². The Morgan fingerprint density at radius 3 is 1.06 bits per heavy atom. The first-order valence-corrected chi connectivity index (χ1v) is 33.5. The van der Waals surface area contributed by atoms with Crippen molar-refractivity contribution >= 4 is 33.6 Å². The summed E-state index contributed by atoms with van der Waals surface area (Å²) in [7, 11) is -9.81. The molecule has 0 aliphatic carbocycles. The molecule has 0 aliphatic heterocycles. The van der Waals surface area contributed by atoms with Gasteiger partial charge in [-0.25, -0.2) is 9.13 Å². The molecule has 0 spiro atoms. The second-order valence-corrected chi connectivity index (χ2v) is 22.6. The lowest BCUT2D eigenvalue weighted by Gasteiger charge is -2.21. The number of phosphoric ester groups is 2. The Morgan fingerprint density at radius 2 is 0.651 bits per heavy atom. The van der Waals surface area contributed by atoms with Crippen LogP contribution in [0.25, 0.3) is 0 Å². The largest absolute Gasteiger partial charge is 0.472 e. The highest BCUT2D eigenvalue weighted by Gasteiger charge is 2.29. The molecular weight excluding hydrogens is 1100 g/mol. The molecule has 0 amide bonds. The van der Waals surface area contributed by atoms with Crippen LogP contribution in [0.5, 0.6) is 0 Å². The number of hydrogen-bond acceptors (Lipinski definition) is 14. The van der Waals surface area contributed by atoms with Gasteiger partial charge in [-0.2, -0.15) is 0 Å². The Bertz CT molecular complexity index is 2050. The van der Waals surface area contributed by atoms with Gasteiger partial charge in [0.25, 0.3) is 0 Å². The van der Waals surface area contributed by atoms with Gasteiger partial charge >= 0.3 is 33.6 Å². The predicted octanol–water partition coefficient (Wildman–Crippen LogP) is 16.1. The Hall–Kier alpha value is -4.31. The zero-order valence-corrected chi connectivity index (χ0v) is 52.3. The minimum Gasteiger partial charge on any atom is -0.463 e. The average molecular weight is 1210 g/mol. The van der Waals surface area contributed by atoms with Gasteiger partial charge in [0, 0.05) is 19.3 Å². The number of carbonyl (C=O) groups is 3. The summed E-state index contributed by atoms with van der Waals surface area (Å²) >= 11 is 0. The van der Waals surface area contributed by atoms with E-state index >= 15 is 0 Å². The molecule has 0 aliphatic rings. The van der Waals surface area contributed by atoms with Crippen LogP contribution in [0, 0.1) is 0 Å². The summed E-state index contributed by atoms with van der Waals surface area (Å²) in [6.07, 6.45) is 65.4. The second-order valence-electron chi connectivity index (χ2n) is 19.7. The monoisotopic (exact) mass is 1200 g/mol. The third-order valence-corrected chi connectivity index (χ3v) is 13.7. The Morgan fingerprint density at radius 1 is 0.349 bits per heavy atom. The number of esters is 3. The van der Waals surface area contributed by atoms with Gasteiger partial charge in [-0.15, -0.1) is 0 Å². The molecular formula is C65H106O16P2. The molecule has 0 fully saturated rings. The predicted molar refractivity (Wildman–Crippen MR) is 334 cm³/mol. The zero-order chi connectivity index (χ0) is 61.0. The van der Waals surface area contributed by atoms with E-state index in [-0.39, 0.29) is 19.3 Å². The van der Waals surface area contributed by atoms with Gasteiger partial charge in [-0.1, -0.05) is 193 Å². The maximum absolute atomic E-state index is 12.9. The third-order valence-electron chi connectivity index (χ3n) is 11.8. The Kier molecular flexibility index (Phi) is 55.1. The first-order chi connectivity index (χ1) is 40.2. The van der Waals surface area contributed by atoms with Crippen molar-refractivity contribution < 1.29 is 75.8 Å². The third kappa shape index (κ3) is 59.2. The van der Waals surface area contributed by atoms with Crippen molar-refractivity contribution in [3.8, 4) is 0 Å². The lowest BCUT2D eigenvalue weighted by molar-refractivity contribution is -0.161. The van der Waals surface area contributed by atoms with Crippen LogP contribution in [0.4, 0.5) is 0 Å². The molecule has 0 bridgehead atoms. The molecule has 0 heterocycles. The summed E-state index contributed by atoms with van der Waals surface area (Å²) in [6.45, 7) is 2.22. The number of phosphoric acid groups is 2. The van der Waals surface area contributed by atoms with Gasteiger partial charge in [0.2, 0.25) is 0 Å². The number of ether oxygens (including phenoxy) is 3. The van der Waals surface area contributed by atoms with Gasteiger partial charge in [0.15, 0.2) is 6.10 Å². The number of carbonyl (C=O) groups excluding carboxylic acids is 3. The van der Waals surface area contributed by atoms with E-state index in [1.807, 2.05) is 24.3 Å². The second kappa shape index (κ2) is 58.1. The van der Waals surface area contributed by atoms with Crippen LogP contribution in [0.3, 0.4) is 0 Å². The number of rotatable bonds is 56. The van der Waals surface area contributed by atoms with Crippen molar-refractivity contribution in [2.45, 2.75) is 219 Å². The van der Waals surface area contributed by atoms with Gasteiger partial charge in [0.1, 0.15) is 25.4 Å². The van der Waals surface area contributed by atoms with Crippen LogP contribution in [-0.4, -0.2) is 95.9 Å². The number of aliphatic hydroxyl groups excluding tert-OH is 2. The van der Waals surface area contributed by atoms with Crippen LogP contribution < -0.4 is 0 Å². The van der Waals surface area contributed by atoms with E-state index in [9.17, 15) is 43.5 Å². The van der Waals surface area contributed by atoms with Crippen LogP contribution in [0.2, 0.25) is 0 Å². The molecule has 472 valence electrons. The first kappa shape index (κ1) is 78.7. The molecule has 0 radical (unpaired) electrons. The topological polar surface area (TPSA) is 231 Å². The quantitative estimate of drug-likeness (QED) is 0.0146. The lowest BCUT2D eigenvalue weighted by Crippen LogP contribution is -2.30. The molecule has 4 N–H and O–H groups in total. The molecule has 0 aromatic rings. The van der Waals surface area contributed by atoms with Crippen molar-refractivity contribution in [2.24, 2.45) is 0 Å². The van der Waals surface area contributed by atoms with Gasteiger partial charge in [0.05, 0.1) is 26.4 Å². The fourth-order valence-corrected chi connectivity index (χ4v) is 8.81. The van der Waals surface area contributed by atoms with E-state index in [2.05, 4.69) is 130 Å². The van der Waals surface area contributed by atoms with Crippen molar-refractivity contribution in [1.29, 1.82) is 0 Å². The molecule has 18 heteroatoms. The standard InChI is InChI=1S/C65H106O16P2/c1-4-7-10-13-16-19-22-25-27-29-31-34-36-39-42-45-48-51-63(68)75-54-60(66)55-77-82(71,72)78-56-61(67)57-79-83(73,74)80-59-62(81-65(70)53-50-47-44-41-38-33-24-21-18-15-12-9-6-3)58-76-64(69)52-49-46-43-40-37-35-32-30-28-26-23-20-17-14-11-8-5-2/h7-8,10-11,16-17,19-21,24-28,31-32,34-35,39-40,42-43,60-62,66-67H,4-6,9,12-15,18,22-23,29-30,33,36-38,41,44-59H2,1-3H3,(H,71,72)(H,73,74)/b10-7-,11-8-,19-16-,20-17-,24-21-,27-25-,28-26-,34-31-,35-32-,42-39-,43-40-. The summed E-state index contributed by atoms with van der Waals surface area (Å²) in [6, 6.07) is 0. The number of allylic oxidation sites excluding steroid dienone is 22. The average Bonchev–Trinajstić information content (AvgIpc) is 3.46. The maximum atomic E-state index is 12.9. The van der Waals surface area contributed by atoms with E-state index < -0.39 is 91.5 Å². The van der Waals surface area contributed by atoms with Gasteiger partial charge in [-0.3, -0.25) is 32.5 Å². The van der Waals surface area contributed by atoms with Crippen molar-refractivity contribution in [1.82, 2.24) is 0 Å². The zero-order valence-electron chi connectivity index (χ0n) is 50.6. The molecule has 0 rings (SSSR count). The summed E-state index contributed by atoms with van der Waals surface area (Å²) in [5.41, 5.74) is 0. The molecule has 0 aromatic heterocycles. The highest BCUT2D eigenvalue weighted by Crippen LogP contribution is 2.45. The van der Waals surface area contributed by atoms with E-state index in [0.717, 1.165) is 103 Å². The number of unbranched alkanes of at least 4 members (excludes halogenated alkanes) is 11. The highest BCUT2D eigenvalue weighted by atomic mass is 31.2. The minimum absolute atomic E-state index is 0.0765. The molecule has 0 saturated heterocycles. The van der Waals surface area contributed by atoms with Crippen molar-refractivity contribution in [3.05, 3.63) is 134 Å². The van der Waals surface area contributed by atoms with Crippen LogP contribution in [-0.2, 0) is 55.8 Å². The number of aliphatic hydroxyl groups is 2. The smallest absolute Gasteiger partial charge is 0.463 e. The molecule has 83 heavy (non-hydrogen) atoms. The SMILES string of the molecule is CC/C=C\C/C=C\C/C=C\C/C=C\C/C=C\CCCC(=O)OCC(O)COP(=O)(O)OCC(O)COP(=O)(O)OCC(COC(=O)CCC/C=C\C/C=C\C/C=C\C/C=C\C/C=C\CC)OC(=O)CCCCCCC/C=C\CCCCCC. The van der Waals surface area contributed by atoms with E-state index in [1.165, 1.54) is 25.7 Å². The lowest BCUT2D eigenvalue weighted by atomic mass is 10.1. The summed E-state index contributed by atoms with van der Waals surface area (Å²) < 4.78 is 60.5. The van der Waals surface area contributed by atoms with Crippen molar-refractivity contribution in [3.63, 3.8) is 0 Å². The molecule has 0 saturated carbocycles. The van der Waals surface area contributed by atoms with E-state index in [0.29, 0.717) is 32.1 Å². The summed E-state index contributed by atoms with van der Waals surface area (Å²) in [5, 5.41) is 20.4. The number of hydrogen-bond donors (Lipinski definition) is 4. The minimum atomic E-state index is -4.94. The fourth-order valence-electron chi connectivity index (χ4n) is 7.22. The molecule has 0 aromatic carbocycles. The van der Waals surface area contributed by atoms with Gasteiger partial charge in [-0.05, 0) is 122 Å². The molecule has 5 unspecified atom stereocenters. The van der Waals surface area contributed by atoms with Crippen LogP contribution >= 0.6 is 15.6 Å². The molecule has 16 nitrogen and oxygen atoms in total. The van der Waals surface area contributed by atoms with E-state index in [1.54, 1.807) is 0 Å². The normalized spacial score (nSPS) is 15.3. The fraction of sp³-hybridized carbons (Fsp3) is 0.615. The molecule has 5 atom stereocenters. The van der Waals surface area contributed by atoms with Crippen molar-refractivity contribution in [2.75, 3.05) is 39.6 Å². The van der Waals surface area contributed by atoms with Gasteiger partial charge < -0.3 is 34.2 Å². The van der Waals surface area contributed by atoms with Crippen LogP contribution in [0.15, 0.2) is 134 Å². The Balaban J connectivity index is 4.81. The highest BCUT2D eigenvalue weighted by molar-refractivity contribution is 7.47.